The average Bonchev–Trinajstić information content (AvgIpc) is 2.68. The predicted molar refractivity (Wildman–Crippen MR) is 107 cm³/mol. The van der Waals surface area contributed by atoms with E-state index in [0.717, 1.165) is 16.8 Å². The molecule has 0 atom stereocenters. The van der Waals surface area contributed by atoms with Gasteiger partial charge in [0, 0.05) is 32.0 Å². The Kier molecular flexibility index (Phi) is 6.43. The van der Waals surface area contributed by atoms with Crippen molar-refractivity contribution in [3.63, 3.8) is 0 Å². The summed E-state index contributed by atoms with van der Waals surface area (Å²) < 4.78 is 11.9. The lowest BCUT2D eigenvalue weighted by atomic mass is 10.1. The van der Waals surface area contributed by atoms with Crippen LogP contribution in [0, 0.1) is 13.8 Å². The topological polar surface area (TPSA) is 85.7 Å². The van der Waals surface area contributed by atoms with E-state index in [1.165, 1.54) is 10.6 Å². The average molecular weight is 386 g/mol. The van der Waals surface area contributed by atoms with Gasteiger partial charge in [0.1, 0.15) is 6.54 Å². The van der Waals surface area contributed by atoms with E-state index in [2.05, 4.69) is 10.3 Å². The predicted octanol–water partition coefficient (Wildman–Crippen LogP) is 1.48. The Labute approximate surface area is 164 Å². The van der Waals surface area contributed by atoms with Gasteiger partial charge in [0.2, 0.25) is 11.9 Å². The molecule has 0 saturated carbocycles. The van der Waals surface area contributed by atoms with Crippen molar-refractivity contribution >= 4 is 17.5 Å². The number of aromatic nitrogens is 2. The summed E-state index contributed by atoms with van der Waals surface area (Å²) in [4.78, 5) is 31.9. The number of morpholine rings is 1. The van der Waals surface area contributed by atoms with Crippen LogP contribution in [0.2, 0.25) is 0 Å². The lowest BCUT2D eigenvalue weighted by molar-refractivity contribution is -0.116. The lowest BCUT2D eigenvalue weighted by Crippen LogP contribution is -2.42. The van der Waals surface area contributed by atoms with E-state index in [1.54, 1.807) is 7.11 Å². The molecule has 0 spiro atoms. The Morgan fingerprint density at radius 2 is 2.04 bits per heavy atom. The second kappa shape index (κ2) is 8.99. The van der Waals surface area contributed by atoms with E-state index in [-0.39, 0.29) is 24.6 Å². The van der Waals surface area contributed by atoms with Crippen LogP contribution in [0.15, 0.2) is 29.1 Å². The summed E-state index contributed by atoms with van der Waals surface area (Å²) in [6, 6.07) is 7.15. The van der Waals surface area contributed by atoms with E-state index in [0.29, 0.717) is 37.9 Å². The summed E-state index contributed by atoms with van der Waals surface area (Å²) in [5.74, 6) is 0.200. The van der Waals surface area contributed by atoms with Crippen LogP contribution in [0.1, 0.15) is 16.8 Å². The number of aryl methyl sites for hydroxylation is 1. The number of anilines is 2. The highest BCUT2D eigenvalue weighted by molar-refractivity contribution is 5.91. The van der Waals surface area contributed by atoms with Gasteiger partial charge in [-0.2, -0.15) is 0 Å². The van der Waals surface area contributed by atoms with Crippen LogP contribution in [0.25, 0.3) is 0 Å². The maximum atomic E-state index is 12.7. The summed E-state index contributed by atoms with van der Waals surface area (Å²) in [6.07, 6.45) is 0. The standard InChI is InChI=1S/C20H26N4O4/c1-14-5-4-6-17(15(14)2)22-18(25)12-24-19(26)11-16(13-27-3)21-20(24)23-7-9-28-10-8-23/h4-6,11H,7-10,12-13H2,1-3H3,(H,22,25). The molecular weight excluding hydrogens is 360 g/mol. The van der Waals surface area contributed by atoms with E-state index in [9.17, 15) is 9.59 Å². The van der Waals surface area contributed by atoms with Gasteiger partial charge in [0.15, 0.2) is 0 Å². The molecule has 1 aliphatic rings. The molecule has 1 aromatic heterocycles. The van der Waals surface area contributed by atoms with E-state index < -0.39 is 0 Å². The molecule has 1 N–H and O–H groups in total. The second-order valence-corrected chi connectivity index (χ2v) is 6.80. The first-order valence-electron chi connectivity index (χ1n) is 9.28. The number of ether oxygens (including phenoxy) is 2. The quantitative estimate of drug-likeness (QED) is 0.809. The van der Waals surface area contributed by atoms with Crippen LogP contribution in [0.4, 0.5) is 11.6 Å². The molecule has 1 saturated heterocycles. The summed E-state index contributed by atoms with van der Waals surface area (Å²) in [7, 11) is 1.55. The third-order valence-electron chi connectivity index (χ3n) is 4.81. The highest BCUT2D eigenvalue weighted by Crippen LogP contribution is 2.18. The van der Waals surface area contributed by atoms with Gasteiger partial charge >= 0.3 is 0 Å². The molecule has 28 heavy (non-hydrogen) atoms. The Morgan fingerprint density at radius 3 is 2.75 bits per heavy atom. The van der Waals surface area contributed by atoms with E-state index in [4.69, 9.17) is 9.47 Å². The molecule has 0 bridgehead atoms. The van der Waals surface area contributed by atoms with Crippen LogP contribution >= 0.6 is 0 Å². The van der Waals surface area contributed by atoms with Crippen molar-refractivity contribution in [1.29, 1.82) is 0 Å². The highest BCUT2D eigenvalue weighted by Gasteiger charge is 2.20. The van der Waals surface area contributed by atoms with Crippen LogP contribution in [0.5, 0.6) is 0 Å². The van der Waals surface area contributed by atoms with Gasteiger partial charge in [-0.3, -0.25) is 14.2 Å². The van der Waals surface area contributed by atoms with Crippen molar-refractivity contribution in [3.8, 4) is 0 Å². The molecule has 0 radical (unpaired) electrons. The monoisotopic (exact) mass is 386 g/mol. The molecule has 0 aliphatic carbocycles. The van der Waals surface area contributed by atoms with Crippen LogP contribution in [-0.2, 0) is 27.4 Å². The number of nitrogens with one attached hydrogen (secondary N) is 1. The van der Waals surface area contributed by atoms with E-state index in [1.807, 2.05) is 36.9 Å². The second-order valence-electron chi connectivity index (χ2n) is 6.80. The minimum absolute atomic E-state index is 0.112. The Morgan fingerprint density at radius 1 is 1.29 bits per heavy atom. The number of hydrogen-bond donors (Lipinski definition) is 1. The minimum atomic E-state index is -0.278. The molecule has 150 valence electrons. The molecular formula is C20H26N4O4. The van der Waals surface area contributed by atoms with Crippen molar-refractivity contribution in [2.24, 2.45) is 0 Å². The fourth-order valence-electron chi connectivity index (χ4n) is 3.14. The zero-order valence-corrected chi connectivity index (χ0v) is 16.5. The molecule has 0 unspecified atom stereocenters. The number of nitrogens with zero attached hydrogens (tertiary/aromatic N) is 3. The zero-order chi connectivity index (χ0) is 20.1. The first-order chi connectivity index (χ1) is 13.5. The van der Waals surface area contributed by atoms with E-state index >= 15 is 0 Å². The number of methoxy groups -OCH3 is 1. The highest BCUT2D eigenvalue weighted by atomic mass is 16.5. The number of hydrogen-bond acceptors (Lipinski definition) is 6. The summed E-state index contributed by atoms with van der Waals surface area (Å²) in [6.45, 7) is 6.41. The van der Waals surface area contributed by atoms with Crippen molar-refractivity contribution in [2.75, 3.05) is 43.6 Å². The Bertz CT molecular complexity index is 904. The van der Waals surface area contributed by atoms with Crippen molar-refractivity contribution < 1.29 is 14.3 Å². The normalized spacial score (nSPS) is 14.2. The third-order valence-corrected chi connectivity index (χ3v) is 4.81. The van der Waals surface area contributed by atoms with Gasteiger partial charge in [-0.05, 0) is 31.0 Å². The molecule has 8 heteroatoms. The lowest BCUT2D eigenvalue weighted by Gasteiger charge is -2.29. The Hall–Kier alpha value is -2.71. The number of benzene rings is 1. The van der Waals surface area contributed by atoms with Gasteiger partial charge in [-0.1, -0.05) is 12.1 Å². The molecule has 2 heterocycles. The zero-order valence-electron chi connectivity index (χ0n) is 16.5. The van der Waals surface area contributed by atoms with Crippen molar-refractivity contribution in [1.82, 2.24) is 9.55 Å². The number of rotatable bonds is 6. The van der Waals surface area contributed by atoms with Crippen molar-refractivity contribution in [3.05, 3.63) is 51.4 Å². The van der Waals surface area contributed by atoms with Crippen LogP contribution < -0.4 is 15.8 Å². The molecule has 1 amide bonds. The Balaban J connectivity index is 1.88. The van der Waals surface area contributed by atoms with Crippen LogP contribution in [-0.4, -0.2) is 48.9 Å². The fourth-order valence-corrected chi connectivity index (χ4v) is 3.14. The smallest absolute Gasteiger partial charge is 0.255 e. The first kappa shape index (κ1) is 20.0. The molecule has 1 aliphatic heterocycles. The minimum Gasteiger partial charge on any atom is -0.378 e. The first-order valence-corrected chi connectivity index (χ1v) is 9.28. The molecule has 2 aromatic rings. The fraction of sp³-hybridized carbons (Fsp3) is 0.450. The molecule has 1 fully saturated rings. The van der Waals surface area contributed by atoms with Crippen molar-refractivity contribution in [2.45, 2.75) is 27.0 Å². The summed E-state index contributed by atoms with van der Waals surface area (Å²) in [5, 5.41) is 2.90. The summed E-state index contributed by atoms with van der Waals surface area (Å²) >= 11 is 0. The summed E-state index contributed by atoms with van der Waals surface area (Å²) in [5.41, 5.74) is 3.11. The molecule has 3 rings (SSSR count). The number of carbonyl (C=O) groups is 1. The number of carbonyl (C=O) groups excluding carboxylic acids is 1. The third kappa shape index (κ3) is 4.58. The molecule has 1 aromatic carbocycles. The van der Waals surface area contributed by atoms with Gasteiger partial charge < -0.3 is 19.7 Å². The van der Waals surface area contributed by atoms with Crippen LogP contribution in [0.3, 0.4) is 0 Å². The maximum Gasteiger partial charge on any atom is 0.255 e. The number of amides is 1. The van der Waals surface area contributed by atoms with Gasteiger partial charge in [-0.25, -0.2) is 4.98 Å². The van der Waals surface area contributed by atoms with Gasteiger partial charge in [0.05, 0.1) is 25.5 Å². The van der Waals surface area contributed by atoms with Gasteiger partial charge in [-0.15, -0.1) is 0 Å². The maximum absolute atomic E-state index is 12.7. The SMILES string of the molecule is COCc1cc(=O)n(CC(=O)Nc2cccc(C)c2C)c(N2CCOCC2)n1. The largest absolute Gasteiger partial charge is 0.378 e. The molecule has 8 nitrogen and oxygen atoms in total. The van der Waals surface area contributed by atoms with Gasteiger partial charge in [0.25, 0.3) is 5.56 Å².